The molecule has 1 fully saturated rings. The molecule has 1 amide bonds. The van der Waals surface area contributed by atoms with Crippen LogP contribution >= 0.6 is 27.5 Å². The van der Waals surface area contributed by atoms with Crippen molar-refractivity contribution in [2.45, 2.75) is 18.9 Å². The minimum Gasteiger partial charge on any atom is -0.335 e. The van der Waals surface area contributed by atoms with E-state index >= 15 is 0 Å². The van der Waals surface area contributed by atoms with Crippen LogP contribution in [0.3, 0.4) is 0 Å². The Hall–Kier alpha value is -0.610. The van der Waals surface area contributed by atoms with E-state index in [4.69, 9.17) is 11.6 Å². The van der Waals surface area contributed by atoms with Crippen molar-refractivity contribution in [3.63, 3.8) is 0 Å². The van der Waals surface area contributed by atoms with Crippen LogP contribution in [0.4, 0.5) is 4.39 Å². The number of hydrogen-bond donors (Lipinski definition) is 0. The summed E-state index contributed by atoms with van der Waals surface area (Å²) in [6.45, 7) is 0.578. The molecule has 1 saturated carbocycles. The van der Waals surface area contributed by atoms with Gasteiger partial charge in [0.2, 0.25) is 0 Å². The predicted octanol–water partition coefficient (Wildman–Crippen LogP) is 3.48. The monoisotopic (exact) mass is 319 g/mol. The Morgan fingerprint density at radius 3 is 2.76 bits per heavy atom. The Bertz CT molecular complexity index is 416. The predicted molar refractivity (Wildman–Crippen MR) is 69.3 cm³/mol. The van der Waals surface area contributed by atoms with Gasteiger partial charge in [-0.1, -0.05) is 33.6 Å². The lowest BCUT2D eigenvalue weighted by molar-refractivity contribution is 0.0750. The zero-order chi connectivity index (χ0) is 12.4. The van der Waals surface area contributed by atoms with Gasteiger partial charge in [-0.3, -0.25) is 4.79 Å². The molecule has 0 radical (unpaired) electrons. The Kier molecular flexibility index (Phi) is 4.05. The van der Waals surface area contributed by atoms with Gasteiger partial charge in [-0.25, -0.2) is 4.39 Å². The topological polar surface area (TPSA) is 20.3 Å². The number of alkyl halides is 1. The second-order valence-corrected chi connectivity index (χ2v) is 5.22. The van der Waals surface area contributed by atoms with Crippen molar-refractivity contribution in [3.8, 4) is 0 Å². The number of carbonyl (C=O) groups is 1. The van der Waals surface area contributed by atoms with E-state index < -0.39 is 5.82 Å². The molecule has 1 aliphatic carbocycles. The molecule has 2 nitrogen and oxygen atoms in total. The van der Waals surface area contributed by atoms with Gasteiger partial charge in [-0.15, -0.1) is 0 Å². The average Bonchev–Trinajstić information content (AvgIpc) is 3.09. The van der Waals surface area contributed by atoms with Crippen LogP contribution in [0.1, 0.15) is 23.2 Å². The molecule has 0 N–H and O–H groups in total. The zero-order valence-electron chi connectivity index (χ0n) is 9.13. The van der Waals surface area contributed by atoms with Crippen LogP contribution in [-0.4, -0.2) is 28.7 Å². The molecule has 1 aromatic carbocycles. The molecule has 0 aliphatic heterocycles. The van der Waals surface area contributed by atoms with Crippen LogP contribution in [0.15, 0.2) is 18.2 Å². The first-order chi connectivity index (χ1) is 8.15. The smallest absolute Gasteiger partial charge is 0.258 e. The number of nitrogens with zero attached hydrogens (tertiary/aromatic N) is 1. The Morgan fingerprint density at radius 1 is 1.53 bits per heavy atom. The zero-order valence-corrected chi connectivity index (χ0v) is 11.5. The number of hydrogen-bond acceptors (Lipinski definition) is 1. The van der Waals surface area contributed by atoms with Crippen LogP contribution in [0, 0.1) is 5.82 Å². The third kappa shape index (κ3) is 2.80. The third-order valence-corrected chi connectivity index (χ3v) is 3.42. The molecule has 5 heteroatoms. The molecular formula is C12H12BrClFNO. The van der Waals surface area contributed by atoms with Gasteiger partial charge in [0.1, 0.15) is 5.82 Å². The summed E-state index contributed by atoms with van der Waals surface area (Å²) in [6.07, 6.45) is 1.98. The molecule has 0 saturated heterocycles. The summed E-state index contributed by atoms with van der Waals surface area (Å²) < 4.78 is 13.6. The standard InChI is InChI=1S/C12H12BrClFNO/c13-6-7-16(8-4-5-8)12(17)11-9(14)2-1-3-10(11)15/h1-3,8H,4-7H2. The molecule has 0 spiro atoms. The third-order valence-electron chi connectivity index (χ3n) is 2.75. The maximum atomic E-state index is 13.6. The number of amides is 1. The molecule has 0 heterocycles. The van der Waals surface area contributed by atoms with Gasteiger partial charge < -0.3 is 4.90 Å². The molecular weight excluding hydrogens is 308 g/mol. The van der Waals surface area contributed by atoms with Gasteiger partial charge in [-0.2, -0.15) is 0 Å². The highest BCUT2D eigenvalue weighted by atomic mass is 79.9. The van der Waals surface area contributed by atoms with Crippen molar-refractivity contribution in [2.24, 2.45) is 0 Å². The number of carbonyl (C=O) groups excluding carboxylic acids is 1. The average molecular weight is 321 g/mol. The Balaban J connectivity index is 2.28. The van der Waals surface area contributed by atoms with E-state index in [0.717, 1.165) is 12.8 Å². The lowest BCUT2D eigenvalue weighted by Crippen LogP contribution is -2.35. The molecule has 1 aromatic rings. The van der Waals surface area contributed by atoms with Crippen molar-refractivity contribution in [1.29, 1.82) is 0 Å². The van der Waals surface area contributed by atoms with Crippen LogP contribution in [-0.2, 0) is 0 Å². The van der Waals surface area contributed by atoms with Gasteiger partial charge in [0.25, 0.3) is 5.91 Å². The van der Waals surface area contributed by atoms with E-state index in [2.05, 4.69) is 15.9 Å². The molecule has 0 bridgehead atoms. The molecule has 0 aromatic heterocycles. The molecule has 2 rings (SSSR count). The van der Waals surface area contributed by atoms with E-state index in [9.17, 15) is 9.18 Å². The summed E-state index contributed by atoms with van der Waals surface area (Å²) in [5.74, 6) is -0.863. The second kappa shape index (κ2) is 5.36. The van der Waals surface area contributed by atoms with Gasteiger partial charge >= 0.3 is 0 Å². The van der Waals surface area contributed by atoms with Crippen LogP contribution < -0.4 is 0 Å². The van der Waals surface area contributed by atoms with Crippen LogP contribution in [0.5, 0.6) is 0 Å². The van der Waals surface area contributed by atoms with Crippen molar-refractivity contribution in [3.05, 3.63) is 34.6 Å². The fourth-order valence-corrected chi connectivity index (χ4v) is 2.40. The fourth-order valence-electron chi connectivity index (χ4n) is 1.77. The lowest BCUT2D eigenvalue weighted by Gasteiger charge is -2.22. The van der Waals surface area contributed by atoms with Gasteiger partial charge in [-0.05, 0) is 25.0 Å². The highest BCUT2D eigenvalue weighted by molar-refractivity contribution is 9.09. The van der Waals surface area contributed by atoms with Gasteiger partial charge in [0.05, 0.1) is 10.6 Å². The highest BCUT2D eigenvalue weighted by Gasteiger charge is 2.34. The summed E-state index contributed by atoms with van der Waals surface area (Å²) >= 11 is 9.20. The summed E-state index contributed by atoms with van der Waals surface area (Å²) in [4.78, 5) is 13.9. The van der Waals surface area contributed by atoms with E-state index in [1.807, 2.05) is 0 Å². The fraction of sp³-hybridized carbons (Fsp3) is 0.417. The summed E-state index contributed by atoms with van der Waals surface area (Å²) in [6, 6.07) is 4.55. The summed E-state index contributed by atoms with van der Waals surface area (Å²) in [5.41, 5.74) is -0.0120. The maximum Gasteiger partial charge on any atom is 0.258 e. The minimum absolute atomic E-state index is 0.0120. The molecule has 92 valence electrons. The van der Waals surface area contributed by atoms with E-state index in [0.29, 0.717) is 11.9 Å². The number of halogens is 3. The van der Waals surface area contributed by atoms with Crippen molar-refractivity contribution < 1.29 is 9.18 Å². The maximum absolute atomic E-state index is 13.6. The van der Waals surface area contributed by atoms with Crippen LogP contribution in [0.25, 0.3) is 0 Å². The molecule has 0 unspecified atom stereocenters. The summed E-state index contributed by atoms with van der Waals surface area (Å²) in [5, 5.41) is 0.858. The van der Waals surface area contributed by atoms with E-state index in [-0.39, 0.29) is 22.5 Å². The van der Waals surface area contributed by atoms with E-state index in [1.54, 1.807) is 4.90 Å². The molecule has 1 aliphatic rings. The summed E-state index contributed by atoms with van der Waals surface area (Å²) in [7, 11) is 0. The Labute approximate surface area is 113 Å². The van der Waals surface area contributed by atoms with Crippen LogP contribution in [0.2, 0.25) is 5.02 Å². The van der Waals surface area contributed by atoms with Crippen molar-refractivity contribution >= 4 is 33.4 Å². The van der Waals surface area contributed by atoms with Crippen molar-refractivity contribution in [2.75, 3.05) is 11.9 Å². The lowest BCUT2D eigenvalue weighted by atomic mass is 10.2. The molecule has 0 atom stereocenters. The first-order valence-corrected chi connectivity index (χ1v) is 6.96. The Morgan fingerprint density at radius 2 is 2.24 bits per heavy atom. The first kappa shape index (κ1) is 12.8. The van der Waals surface area contributed by atoms with E-state index in [1.165, 1.54) is 18.2 Å². The quantitative estimate of drug-likeness (QED) is 0.778. The normalized spacial score (nSPS) is 14.8. The second-order valence-electron chi connectivity index (χ2n) is 4.02. The SMILES string of the molecule is O=C(c1c(F)cccc1Cl)N(CCBr)C1CC1. The minimum atomic E-state index is -0.553. The molecule has 17 heavy (non-hydrogen) atoms. The number of rotatable bonds is 4. The van der Waals surface area contributed by atoms with Crippen molar-refractivity contribution in [1.82, 2.24) is 4.90 Å². The highest BCUT2D eigenvalue weighted by Crippen LogP contribution is 2.30. The number of benzene rings is 1. The van der Waals surface area contributed by atoms with Gasteiger partial charge in [0.15, 0.2) is 0 Å². The first-order valence-electron chi connectivity index (χ1n) is 5.46. The largest absolute Gasteiger partial charge is 0.335 e. The van der Waals surface area contributed by atoms with Gasteiger partial charge in [0, 0.05) is 17.9 Å².